The average Bonchev–Trinajstić information content (AvgIpc) is 2.41. The van der Waals surface area contributed by atoms with Crippen LogP contribution in [0.2, 0.25) is 0 Å². The normalized spacial score (nSPS) is 11.9. The van der Waals surface area contributed by atoms with Crippen LogP contribution in [0.15, 0.2) is 6.07 Å². The highest BCUT2D eigenvalue weighted by molar-refractivity contribution is 5.51. The van der Waals surface area contributed by atoms with Gasteiger partial charge in [0.05, 0.1) is 0 Å². The molecule has 0 radical (unpaired) electrons. The van der Waals surface area contributed by atoms with Crippen molar-refractivity contribution in [2.24, 2.45) is 0 Å². The Bertz CT molecular complexity index is 490. The first-order chi connectivity index (χ1) is 10.1. The number of aromatic nitrogens is 1. The number of aryl methyl sites for hydroxylation is 2. The fourth-order valence-corrected chi connectivity index (χ4v) is 1.99. The number of hydrogen-bond acceptors (Lipinski definition) is 4. The van der Waals surface area contributed by atoms with E-state index in [2.05, 4.69) is 4.98 Å². The van der Waals surface area contributed by atoms with Crippen LogP contribution in [-0.4, -0.2) is 56.9 Å². The molecule has 0 aromatic carbocycles. The number of anilines is 1. The summed E-state index contributed by atoms with van der Waals surface area (Å²) in [7, 11) is 5.82. The van der Waals surface area contributed by atoms with Gasteiger partial charge in [-0.1, -0.05) is 6.92 Å². The molecule has 22 heavy (non-hydrogen) atoms. The Morgan fingerprint density at radius 1 is 1.18 bits per heavy atom. The highest BCUT2D eigenvalue weighted by atomic mass is 19.4. The third-order valence-electron chi connectivity index (χ3n) is 3.22. The van der Waals surface area contributed by atoms with Gasteiger partial charge in [0.1, 0.15) is 5.82 Å². The Labute approximate surface area is 129 Å². The van der Waals surface area contributed by atoms with Crippen LogP contribution in [0, 0.1) is 6.92 Å². The Kier molecular flexibility index (Phi) is 6.47. The summed E-state index contributed by atoms with van der Waals surface area (Å²) in [5, 5.41) is 0. The summed E-state index contributed by atoms with van der Waals surface area (Å²) in [5.74, 6) is 0.716. The van der Waals surface area contributed by atoms with Crippen LogP contribution in [-0.2, 0) is 6.42 Å². The molecule has 126 valence electrons. The van der Waals surface area contributed by atoms with Crippen molar-refractivity contribution in [2.75, 3.05) is 45.7 Å². The predicted octanol–water partition coefficient (Wildman–Crippen LogP) is 2.89. The summed E-state index contributed by atoms with van der Waals surface area (Å²) in [6, 6.07) is 1.85. The number of alkyl halides is 3. The quantitative estimate of drug-likeness (QED) is 0.773. The van der Waals surface area contributed by atoms with Gasteiger partial charge >= 0.3 is 6.18 Å². The summed E-state index contributed by atoms with van der Waals surface area (Å²) in [6.45, 7) is 3.94. The Morgan fingerprint density at radius 3 is 2.32 bits per heavy atom. The van der Waals surface area contributed by atoms with Crippen LogP contribution in [0.25, 0.3) is 0 Å². The molecular weight excluding hydrogens is 295 g/mol. The van der Waals surface area contributed by atoms with Gasteiger partial charge in [-0.3, -0.25) is 0 Å². The summed E-state index contributed by atoms with van der Waals surface area (Å²) in [4.78, 5) is 8.29. The van der Waals surface area contributed by atoms with Crippen molar-refractivity contribution in [1.29, 1.82) is 0 Å². The van der Waals surface area contributed by atoms with E-state index in [0.717, 1.165) is 25.1 Å². The molecule has 0 fully saturated rings. The van der Waals surface area contributed by atoms with E-state index in [4.69, 9.17) is 4.74 Å². The third-order valence-corrected chi connectivity index (χ3v) is 3.22. The molecule has 0 N–H and O–H groups in total. The second kappa shape index (κ2) is 7.67. The first kappa shape index (κ1) is 18.5. The van der Waals surface area contributed by atoms with Gasteiger partial charge in [-0.15, -0.1) is 0 Å². The molecule has 0 aliphatic carbocycles. The van der Waals surface area contributed by atoms with E-state index < -0.39 is 12.8 Å². The molecular formula is C15H24F3N3O. The standard InChI is InChI=1S/C15H24F3N3O/c1-6-12-9-11(2)14(22-10-15(16,17)18)19-13(12)21(5)8-7-20(3)4/h9H,6-8,10H2,1-5H3. The zero-order valence-electron chi connectivity index (χ0n) is 13.8. The maximum Gasteiger partial charge on any atom is 0.422 e. The predicted molar refractivity (Wildman–Crippen MR) is 81.7 cm³/mol. The molecule has 4 nitrogen and oxygen atoms in total. The van der Waals surface area contributed by atoms with Crippen molar-refractivity contribution in [3.63, 3.8) is 0 Å². The smallest absolute Gasteiger partial charge is 0.422 e. The molecule has 0 saturated heterocycles. The minimum Gasteiger partial charge on any atom is -0.468 e. The fourth-order valence-electron chi connectivity index (χ4n) is 1.99. The van der Waals surface area contributed by atoms with E-state index in [-0.39, 0.29) is 5.88 Å². The van der Waals surface area contributed by atoms with Gasteiger partial charge in [0.15, 0.2) is 6.61 Å². The van der Waals surface area contributed by atoms with E-state index in [0.29, 0.717) is 11.4 Å². The lowest BCUT2D eigenvalue weighted by Crippen LogP contribution is -2.30. The van der Waals surface area contributed by atoms with Gasteiger partial charge in [0.25, 0.3) is 0 Å². The molecule has 1 aromatic heterocycles. The maximum absolute atomic E-state index is 12.3. The van der Waals surface area contributed by atoms with Crippen LogP contribution in [0.5, 0.6) is 5.88 Å². The highest BCUT2D eigenvalue weighted by Gasteiger charge is 2.29. The van der Waals surface area contributed by atoms with E-state index in [1.54, 1.807) is 6.92 Å². The highest BCUT2D eigenvalue weighted by Crippen LogP contribution is 2.27. The molecule has 0 amide bonds. The second-order valence-electron chi connectivity index (χ2n) is 5.58. The molecule has 7 heteroatoms. The molecule has 0 saturated carbocycles. The zero-order valence-corrected chi connectivity index (χ0v) is 13.8. The van der Waals surface area contributed by atoms with Crippen molar-refractivity contribution in [2.45, 2.75) is 26.4 Å². The third kappa shape index (κ3) is 5.71. The molecule has 0 aliphatic rings. The maximum atomic E-state index is 12.3. The van der Waals surface area contributed by atoms with Crippen LogP contribution < -0.4 is 9.64 Å². The van der Waals surface area contributed by atoms with E-state index >= 15 is 0 Å². The van der Waals surface area contributed by atoms with Gasteiger partial charge in [0, 0.05) is 25.7 Å². The number of pyridine rings is 1. The van der Waals surface area contributed by atoms with Gasteiger partial charge in [0.2, 0.25) is 5.88 Å². The molecule has 1 heterocycles. The van der Waals surface area contributed by atoms with Gasteiger partial charge in [-0.25, -0.2) is 0 Å². The fraction of sp³-hybridized carbons (Fsp3) is 0.667. The number of halogens is 3. The minimum atomic E-state index is -4.37. The monoisotopic (exact) mass is 319 g/mol. The molecule has 0 unspecified atom stereocenters. The van der Waals surface area contributed by atoms with Crippen LogP contribution in [0.4, 0.5) is 19.0 Å². The molecule has 1 aromatic rings. The van der Waals surface area contributed by atoms with Crippen molar-refractivity contribution >= 4 is 5.82 Å². The lowest BCUT2D eigenvalue weighted by molar-refractivity contribution is -0.154. The molecule has 1 rings (SSSR count). The molecule has 0 atom stereocenters. The number of likely N-dealkylation sites (N-methyl/N-ethyl adjacent to an activating group) is 2. The van der Waals surface area contributed by atoms with Crippen LogP contribution >= 0.6 is 0 Å². The van der Waals surface area contributed by atoms with E-state index in [9.17, 15) is 13.2 Å². The number of ether oxygens (including phenoxy) is 1. The topological polar surface area (TPSA) is 28.6 Å². The Morgan fingerprint density at radius 2 is 1.82 bits per heavy atom. The minimum absolute atomic E-state index is 0.0428. The lowest BCUT2D eigenvalue weighted by Gasteiger charge is -2.24. The average molecular weight is 319 g/mol. The van der Waals surface area contributed by atoms with Gasteiger partial charge in [-0.05, 0) is 39.1 Å². The number of rotatable bonds is 7. The molecule has 0 aliphatic heterocycles. The van der Waals surface area contributed by atoms with Crippen molar-refractivity contribution in [1.82, 2.24) is 9.88 Å². The molecule has 0 spiro atoms. The van der Waals surface area contributed by atoms with Crippen molar-refractivity contribution in [3.8, 4) is 5.88 Å². The molecule has 0 bridgehead atoms. The van der Waals surface area contributed by atoms with Crippen molar-refractivity contribution in [3.05, 3.63) is 17.2 Å². The van der Waals surface area contributed by atoms with E-state index in [1.807, 2.05) is 43.9 Å². The van der Waals surface area contributed by atoms with Gasteiger partial charge < -0.3 is 14.5 Å². The largest absolute Gasteiger partial charge is 0.468 e. The summed E-state index contributed by atoms with van der Waals surface area (Å²) < 4.78 is 41.8. The zero-order chi connectivity index (χ0) is 16.9. The van der Waals surface area contributed by atoms with Crippen molar-refractivity contribution < 1.29 is 17.9 Å². The summed E-state index contributed by atoms with van der Waals surface area (Å²) >= 11 is 0. The van der Waals surface area contributed by atoms with Crippen LogP contribution in [0.3, 0.4) is 0 Å². The number of hydrogen-bond donors (Lipinski definition) is 0. The Hall–Kier alpha value is -1.50. The van der Waals surface area contributed by atoms with E-state index in [1.165, 1.54) is 0 Å². The lowest BCUT2D eigenvalue weighted by atomic mass is 10.1. The van der Waals surface area contributed by atoms with Gasteiger partial charge in [-0.2, -0.15) is 18.2 Å². The van der Waals surface area contributed by atoms with Crippen LogP contribution in [0.1, 0.15) is 18.1 Å². The summed E-state index contributed by atoms with van der Waals surface area (Å²) in [6.07, 6.45) is -3.61. The SMILES string of the molecule is CCc1cc(C)c(OCC(F)(F)F)nc1N(C)CCN(C)C. The first-order valence-electron chi connectivity index (χ1n) is 7.20. The Balaban J connectivity index is 2.99. The second-order valence-corrected chi connectivity index (χ2v) is 5.58. The number of nitrogens with zero attached hydrogens (tertiary/aromatic N) is 3. The first-order valence-corrected chi connectivity index (χ1v) is 7.20. The summed E-state index contributed by atoms with van der Waals surface area (Å²) in [5.41, 5.74) is 1.61.